The number of rotatable bonds is 42. The second-order valence-corrected chi connectivity index (χ2v) is 15.2. The number of amidine groups is 1. The number of nitrogens with zero attached hydrogens (tertiary/aromatic N) is 3. The van der Waals surface area contributed by atoms with E-state index < -0.39 is 23.8 Å². The lowest BCUT2D eigenvalue weighted by Gasteiger charge is -2.23. The first-order chi connectivity index (χ1) is 32.8. The highest BCUT2D eigenvalue weighted by atomic mass is 32.1. The van der Waals surface area contributed by atoms with Gasteiger partial charge >= 0.3 is 6.09 Å². The molecule has 4 N–H and O–H groups in total. The number of thiophene rings is 1. The van der Waals surface area contributed by atoms with E-state index in [0.717, 1.165) is 34.7 Å². The summed E-state index contributed by atoms with van der Waals surface area (Å²) >= 11 is 1.52. The summed E-state index contributed by atoms with van der Waals surface area (Å²) in [5, 5.41) is 9.18. The maximum Gasteiger partial charge on any atom is 0.407 e. The molecule has 0 radical (unpaired) electrons. The molecule has 1 aromatic rings. The Morgan fingerprint density at radius 2 is 1.10 bits per heavy atom. The quantitative estimate of drug-likeness (QED) is 0.0612. The van der Waals surface area contributed by atoms with Crippen molar-refractivity contribution in [3.8, 4) is 0 Å². The van der Waals surface area contributed by atoms with Crippen molar-refractivity contribution in [3.05, 3.63) is 34.0 Å². The molecule has 0 fully saturated rings. The number of alkyl carbamates (subject to hydrolysis) is 1. The molecule has 23 heteroatoms. The molecule has 0 unspecified atom stereocenters. The van der Waals surface area contributed by atoms with Gasteiger partial charge in [-0.2, -0.15) is 0 Å². The Hall–Kier alpha value is -4.40. The van der Waals surface area contributed by atoms with Gasteiger partial charge in [0, 0.05) is 66.6 Å². The van der Waals surface area contributed by atoms with Crippen molar-refractivity contribution in [1.82, 2.24) is 20.4 Å². The fraction of sp³-hybridized carbons (Fsp3) is 0.682. The van der Waals surface area contributed by atoms with Gasteiger partial charge in [0.15, 0.2) is 0 Å². The minimum Gasteiger partial charge on any atom is -0.447 e. The van der Waals surface area contributed by atoms with Crippen LogP contribution in [0.5, 0.6) is 0 Å². The second kappa shape index (κ2) is 37.6. The van der Waals surface area contributed by atoms with E-state index in [2.05, 4.69) is 15.6 Å². The number of carbonyl (C=O) groups excluding carboxylic acids is 5. The zero-order valence-electron chi connectivity index (χ0n) is 38.8. The zero-order valence-corrected chi connectivity index (χ0v) is 39.6. The number of fused-ring (bicyclic) bond motifs is 1. The van der Waals surface area contributed by atoms with E-state index in [-0.39, 0.29) is 38.8 Å². The van der Waals surface area contributed by atoms with Crippen LogP contribution >= 0.6 is 11.3 Å². The Balaban J connectivity index is 0.950. The molecule has 0 aliphatic carbocycles. The van der Waals surface area contributed by atoms with Crippen molar-refractivity contribution in [2.24, 2.45) is 10.7 Å². The SMILES string of the molecule is CCCN(CCCNC(=O)OCCOCCOCCOCCOCCOCCOCCOCCOCCOCCOCCNC(=O)CN1C(=O)C=CC1=O)C(=O)C1=Cc2cscc2N=C(N)C1. The van der Waals surface area contributed by atoms with E-state index in [9.17, 15) is 24.0 Å². The summed E-state index contributed by atoms with van der Waals surface area (Å²) in [5.74, 6) is -1.09. The summed E-state index contributed by atoms with van der Waals surface area (Å²) in [6, 6.07) is 0. The van der Waals surface area contributed by atoms with Crippen LogP contribution in [0.4, 0.5) is 10.5 Å². The van der Waals surface area contributed by atoms with Crippen LogP contribution in [0.25, 0.3) is 6.08 Å². The van der Waals surface area contributed by atoms with Crippen molar-refractivity contribution in [3.63, 3.8) is 0 Å². The number of nitrogens with one attached hydrogen (secondary N) is 2. The average Bonchev–Trinajstić information content (AvgIpc) is 3.84. The smallest absolute Gasteiger partial charge is 0.407 e. The second-order valence-electron chi connectivity index (χ2n) is 14.4. The topological polar surface area (TPSA) is 256 Å². The number of carbonyl (C=O) groups is 5. The summed E-state index contributed by atoms with van der Waals surface area (Å²) < 4.78 is 59.8. The molecule has 22 nitrogen and oxygen atoms in total. The molecule has 67 heavy (non-hydrogen) atoms. The van der Waals surface area contributed by atoms with E-state index >= 15 is 0 Å². The van der Waals surface area contributed by atoms with Gasteiger partial charge in [-0.15, -0.1) is 11.3 Å². The van der Waals surface area contributed by atoms with Crippen molar-refractivity contribution in [1.29, 1.82) is 0 Å². The van der Waals surface area contributed by atoms with Gasteiger partial charge in [0.1, 0.15) is 19.0 Å². The van der Waals surface area contributed by atoms with Crippen LogP contribution < -0.4 is 16.4 Å². The molecule has 3 heterocycles. The predicted octanol–water partition coefficient (Wildman–Crippen LogP) is 1.09. The first-order valence-electron chi connectivity index (χ1n) is 22.7. The van der Waals surface area contributed by atoms with E-state index in [0.29, 0.717) is 163 Å². The van der Waals surface area contributed by atoms with Crippen molar-refractivity contribution < 1.29 is 76.1 Å². The van der Waals surface area contributed by atoms with Crippen LogP contribution in [-0.4, -0.2) is 217 Å². The molecule has 0 saturated carbocycles. The van der Waals surface area contributed by atoms with E-state index in [1.165, 1.54) is 11.3 Å². The van der Waals surface area contributed by atoms with Gasteiger partial charge in [-0.05, 0) is 18.9 Å². The first kappa shape index (κ1) is 56.9. The fourth-order valence-corrected chi connectivity index (χ4v) is 6.61. The van der Waals surface area contributed by atoms with E-state index in [4.69, 9.17) is 57.8 Å². The molecule has 2 aliphatic heterocycles. The molecular weight excluding hydrogens is 901 g/mol. The van der Waals surface area contributed by atoms with E-state index in [1.54, 1.807) is 4.90 Å². The van der Waals surface area contributed by atoms with Gasteiger partial charge in [0.2, 0.25) is 11.8 Å². The van der Waals surface area contributed by atoms with Crippen LogP contribution in [0.1, 0.15) is 31.7 Å². The maximum absolute atomic E-state index is 13.3. The molecule has 2 aliphatic rings. The van der Waals surface area contributed by atoms with Crippen LogP contribution in [0.15, 0.2) is 33.5 Å². The molecule has 1 aromatic heterocycles. The number of hydrogen-bond donors (Lipinski definition) is 3. The number of nitrogens with two attached hydrogens (primary N) is 1. The van der Waals surface area contributed by atoms with Gasteiger partial charge < -0.3 is 73.4 Å². The summed E-state index contributed by atoms with van der Waals surface area (Å²) in [4.78, 5) is 67.2. The average molecular weight is 971 g/mol. The summed E-state index contributed by atoms with van der Waals surface area (Å²) in [7, 11) is 0. The largest absolute Gasteiger partial charge is 0.447 e. The molecule has 0 saturated heterocycles. The number of hydrogen-bond acceptors (Lipinski definition) is 19. The molecule has 378 valence electrons. The van der Waals surface area contributed by atoms with Crippen molar-refractivity contribution in [2.75, 3.05) is 171 Å². The molecule has 5 amide bonds. The maximum atomic E-state index is 13.3. The van der Waals surface area contributed by atoms with Crippen LogP contribution in [0, 0.1) is 0 Å². The third-order valence-electron chi connectivity index (χ3n) is 9.15. The summed E-state index contributed by atoms with van der Waals surface area (Å²) in [6.07, 6.45) is 5.28. The molecule has 0 bridgehead atoms. The highest BCUT2D eigenvalue weighted by molar-refractivity contribution is 7.08. The molecular formula is C44H70N6O16S. The minimum absolute atomic E-state index is 0.0724. The van der Waals surface area contributed by atoms with Crippen molar-refractivity contribution in [2.45, 2.75) is 26.2 Å². The Labute approximate surface area is 396 Å². The van der Waals surface area contributed by atoms with Crippen LogP contribution in [0.3, 0.4) is 0 Å². The first-order valence-corrected chi connectivity index (χ1v) is 23.6. The lowest BCUT2D eigenvalue weighted by Crippen LogP contribution is -2.41. The predicted molar refractivity (Wildman–Crippen MR) is 246 cm³/mol. The van der Waals surface area contributed by atoms with Crippen molar-refractivity contribution >= 4 is 58.7 Å². The van der Waals surface area contributed by atoms with Gasteiger partial charge in [0.25, 0.3) is 11.8 Å². The summed E-state index contributed by atoms with van der Waals surface area (Å²) in [5.41, 5.74) is 8.35. The molecule has 0 spiro atoms. The lowest BCUT2D eigenvalue weighted by molar-refractivity contribution is -0.141. The zero-order chi connectivity index (χ0) is 48.0. The minimum atomic E-state index is -0.539. The van der Waals surface area contributed by atoms with Gasteiger partial charge in [-0.1, -0.05) is 6.92 Å². The third kappa shape index (κ3) is 27.3. The summed E-state index contributed by atoms with van der Waals surface area (Å²) in [6.45, 7) is 11.6. The number of amides is 5. The lowest BCUT2D eigenvalue weighted by atomic mass is 10.1. The number of ether oxygens (including phenoxy) is 11. The normalized spacial score (nSPS) is 13.4. The molecule has 0 aromatic carbocycles. The third-order valence-corrected chi connectivity index (χ3v) is 9.89. The van der Waals surface area contributed by atoms with E-state index in [1.807, 2.05) is 23.8 Å². The molecule has 3 rings (SSSR count). The Morgan fingerprint density at radius 1 is 0.642 bits per heavy atom. The molecule has 0 atom stereocenters. The van der Waals surface area contributed by atoms with Crippen LogP contribution in [-0.2, 0) is 71.3 Å². The Bertz CT molecular complexity index is 1650. The van der Waals surface area contributed by atoms with Gasteiger partial charge in [-0.3, -0.25) is 24.1 Å². The Kier molecular flexibility index (Phi) is 31.9. The standard InChI is InChI=1S/C44H70N6O16S/c1-2-8-49(43(54)36-31-37-34-67-35-38(37)48-39(45)32-36)9-3-6-47-44(55)66-30-29-65-28-27-64-26-25-63-24-23-62-22-21-61-20-19-60-18-17-59-16-15-58-14-13-57-12-11-56-10-7-46-40(51)33-50-41(52)4-5-42(50)53/h4-5,31,34-35H,2-3,6-30,32-33H2,1H3,(H2,45,48)(H,46,51)(H,47,55). The fourth-order valence-electron chi connectivity index (χ4n) is 5.89. The highest BCUT2D eigenvalue weighted by Crippen LogP contribution is 2.30. The Morgan fingerprint density at radius 3 is 1.58 bits per heavy atom. The number of imide groups is 1. The van der Waals surface area contributed by atoms with Gasteiger partial charge in [0.05, 0.1) is 138 Å². The van der Waals surface area contributed by atoms with Gasteiger partial charge in [-0.25, -0.2) is 9.79 Å². The highest BCUT2D eigenvalue weighted by Gasteiger charge is 2.25. The monoisotopic (exact) mass is 970 g/mol. The van der Waals surface area contributed by atoms with Crippen LogP contribution in [0.2, 0.25) is 0 Å². The number of aliphatic imine (C=N–C) groups is 1.